The Hall–Kier alpha value is -2.18. The van der Waals surface area contributed by atoms with Crippen molar-refractivity contribution in [3.8, 4) is 0 Å². The van der Waals surface area contributed by atoms with Crippen molar-refractivity contribution in [3.63, 3.8) is 0 Å². The molecule has 0 radical (unpaired) electrons. The normalized spacial score (nSPS) is 17.3. The number of aryl methyl sites for hydroxylation is 1. The number of aromatic amines is 1. The van der Waals surface area contributed by atoms with Crippen molar-refractivity contribution < 1.29 is 4.79 Å². The first-order valence-electron chi connectivity index (χ1n) is 8.42. The molecule has 23 heavy (non-hydrogen) atoms. The van der Waals surface area contributed by atoms with Crippen LogP contribution in [0.1, 0.15) is 66.0 Å². The molecule has 2 aliphatic rings. The minimum Gasteiger partial charge on any atom is -0.328 e. The molecule has 4 rings (SSSR count). The van der Waals surface area contributed by atoms with Crippen LogP contribution in [0, 0.1) is 0 Å². The van der Waals surface area contributed by atoms with Gasteiger partial charge in [-0.3, -0.25) is 9.89 Å². The van der Waals surface area contributed by atoms with E-state index in [1.165, 1.54) is 6.42 Å². The fourth-order valence-corrected chi connectivity index (χ4v) is 3.59. The third kappa shape index (κ3) is 2.34. The van der Waals surface area contributed by atoms with Gasteiger partial charge in [0.15, 0.2) is 11.5 Å². The molecule has 0 atom stereocenters. The van der Waals surface area contributed by atoms with E-state index in [4.69, 9.17) is 0 Å². The van der Waals surface area contributed by atoms with Gasteiger partial charge >= 0.3 is 0 Å². The third-order valence-corrected chi connectivity index (χ3v) is 4.84. The van der Waals surface area contributed by atoms with Gasteiger partial charge in [-0.2, -0.15) is 5.10 Å². The Bertz CT molecular complexity index is 744. The standard InChI is InChI=1S/C16H22N6O/c1-10(2)15-20-18-13-9-21(7-8-22(13)15)16(23)14-11-5-3-4-6-12(11)17-19-14/h10H,3-9H2,1-2H3,(H,17,19). The molecule has 3 heterocycles. The minimum atomic E-state index is 0.0183. The molecule has 122 valence electrons. The molecule has 1 aliphatic carbocycles. The van der Waals surface area contributed by atoms with Crippen molar-refractivity contribution in [1.82, 2.24) is 29.9 Å². The first-order valence-corrected chi connectivity index (χ1v) is 8.42. The second-order valence-corrected chi connectivity index (χ2v) is 6.74. The molecule has 1 aliphatic heterocycles. The highest BCUT2D eigenvalue weighted by Crippen LogP contribution is 2.25. The van der Waals surface area contributed by atoms with Gasteiger partial charge in [0.05, 0.1) is 6.54 Å². The van der Waals surface area contributed by atoms with Gasteiger partial charge in [-0.05, 0) is 25.7 Å². The van der Waals surface area contributed by atoms with Gasteiger partial charge in [-0.1, -0.05) is 13.8 Å². The monoisotopic (exact) mass is 314 g/mol. The molecule has 0 bridgehead atoms. The zero-order valence-corrected chi connectivity index (χ0v) is 13.7. The number of carbonyl (C=O) groups is 1. The summed E-state index contributed by atoms with van der Waals surface area (Å²) in [6.07, 6.45) is 4.27. The molecular formula is C16H22N6O. The van der Waals surface area contributed by atoms with E-state index >= 15 is 0 Å². The predicted molar refractivity (Wildman–Crippen MR) is 84.1 cm³/mol. The smallest absolute Gasteiger partial charge is 0.275 e. The zero-order valence-electron chi connectivity index (χ0n) is 13.7. The van der Waals surface area contributed by atoms with E-state index in [1.807, 2.05) is 4.90 Å². The summed E-state index contributed by atoms with van der Waals surface area (Å²) in [6, 6.07) is 0. The Morgan fingerprint density at radius 3 is 2.83 bits per heavy atom. The first-order chi connectivity index (χ1) is 11.1. The maximum atomic E-state index is 12.9. The summed E-state index contributed by atoms with van der Waals surface area (Å²) >= 11 is 0. The Morgan fingerprint density at radius 2 is 2.00 bits per heavy atom. The number of rotatable bonds is 2. The number of H-pyrrole nitrogens is 1. The maximum absolute atomic E-state index is 12.9. The SMILES string of the molecule is CC(C)c1nnc2n1CCN(C(=O)c1n[nH]c3c1CCCC3)C2. The number of nitrogens with one attached hydrogen (secondary N) is 1. The Balaban J connectivity index is 1.57. The lowest BCUT2D eigenvalue weighted by atomic mass is 9.95. The molecule has 0 saturated carbocycles. The Labute approximate surface area is 135 Å². The predicted octanol–water partition coefficient (Wildman–Crippen LogP) is 1.66. The highest BCUT2D eigenvalue weighted by molar-refractivity contribution is 5.94. The largest absolute Gasteiger partial charge is 0.328 e. The summed E-state index contributed by atoms with van der Waals surface area (Å²) in [5.74, 6) is 2.24. The average molecular weight is 314 g/mol. The van der Waals surface area contributed by atoms with Crippen LogP contribution >= 0.6 is 0 Å². The van der Waals surface area contributed by atoms with E-state index in [2.05, 4.69) is 38.8 Å². The number of carbonyl (C=O) groups excluding carboxylic acids is 1. The number of aromatic nitrogens is 5. The Kier molecular flexibility index (Phi) is 3.43. The molecule has 1 amide bonds. The molecule has 2 aromatic rings. The summed E-state index contributed by atoms with van der Waals surface area (Å²) in [7, 11) is 0. The zero-order chi connectivity index (χ0) is 16.0. The number of hydrogen-bond acceptors (Lipinski definition) is 4. The molecule has 0 fully saturated rings. The summed E-state index contributed by atoms with van der Waals surface area (Å²) < 4.78 is 2.15. The number of nitrogens with zero attached hydrogens (tertiary/aromatic N) is 5. The first kappa shape index (κ1) is 14.4. The van der Waals surface area contributed by atoms with Crippen LogP contribution in [0.3, 0.4) is 0 Å². The van der Waals surface area contributed by atoms with Crippen LogP contribution < -0.4 is 0 Å². The molecular weight excluding hydrogens is 292 g/mol. The van der Waals surface area contributed by atoms with Crippen molar-refractivity contribution in [2.24, 2.45) is 0 Å². The van der Waals surface area contributed by atoms with Crippen molar-refractivity contribution in [2.45, 2.75) is 58.5 Å². The fraction of sp³-hybridized carbons (Fsp3) is 0.625. The van der Waals surface area contributed by atoms with Crippen LogP contribution in [0.2, 0.25) is 0 Å². The quantitative estimate of drug-likeness (QED) is 0.914. The topological polar surface area (TPSA) is 79.7 Å². The van der Waals surface area contributed by atoms with E-state index < -0.39 is 0 Å². The van der Waals surface area contributed by atoms with Gasteiger partial charge < -0.3 is 9.47 Å². The Morgan fingerprint density at radius 1 is 1.17 bits per heavy atom. The van der Waals surface area contributed by atoms with E-state index in [1.54, 1.807) is 0 Å². The summed E-state index contributed by atoms with van der Waals surface area (Å²) in [5, 5.41) is 15.9. The molecule has 7 heteroatoms. The van der Waals surface area contributed by atoms with E-state index in [0.717, 1.165) is 48.7 Å². The van der Waals surface area contributed by atoms with Crippen molar-refractivity contribution in [2.75, 3.05) is 6.54 Å². The van der Waals surface area contributed by atoms with Crippen molar-refractivity contribution in [3.05, 3.63) is 28.6 Å². The maximum Gasteiger partial charge on any atom is 0.275 e. The number of hydrogen-bond donors (Lipinski definition) is 1. The lowest BCUT2D eigenvalue weighted by Gasteiger charge is -2.28. The van der Waals surface area contributed by atoms with Gasteiger partial charge in [-0.15, -0.1) is 10.2 Å². The van der Waals surface area contributed by atoms with Crippen LogP contribution in [0.5, 0.6) is 0 Å². The highest BCUT2D eigenvalue weighted by atomic mass is 16.2. The van der Waals surface area contributed by atoms with Crippen LogP contribution in [0.25, 0.3) is 0 Å². The van der Waals surface area contributed by atoms with E-state index in [-0.39, 0.29) is 5.91 Å². The average Bonchev–Trinajstić information content (AvgIpc) is 3.17. The van der Waals surface area contributed by atoms with E-state index in [9.17, 15) is 4.79 Å². The lowest BCUT2D eigenvalue weighted by Crippen LogP contribution is -2.39. The summed E-state index contributed by atoms with van der Waals surface area (Å²) in [4.78, 5) is 14.7. The van der Waals surface area contributed by atoms with Gasteiger partial charge in [0.25, 0.3) is 5.91 Å². The van der Waals surface area contributed by atoms with Crippen LogP contribution in [-0.4, -0.2) is 42.3 Å². The van der Waals surface area contributed by atoms with Crippen LogP contribution in [0.4, 0.5) is 0 Å². The van der Waals surface area contributed by atoms with Crippen LogP contribution in [0.15, 0.2) is 0 Å². The molecule has 2 aromatic heterocycles. The van der Waals surface area contributed by atoms with Gasteiger partial charge in [0.1, 0.15) is 5.82 Å². The molecule has 0 unspecified atom stereocenters. The number of fused-ring (bicyclic) bond motifs is 2. The second kappa shape index (κ2) is 5.47. The summed E-state index contributed by atoms with van der Waals surface area (Å²) in [6.45, 7) is 6.19. The lowest BCUT2D eigenvalue weighted by molar-refractivity contribution is 0.0699. The minimum absolute atomic E-state index is 0.0183. The second-order valence-electron chi connectivity index (χ2n) is 6.74. The van der Waals surface area contributed by atoms with Gasteiger partial charge in [-0.25, -0.2) is 0 Å². The van der Waals surface area contributed by atoms with Gasteiger partial charge in [0, 0.05) is 30.3 Å². The van der Waals surface area contributed by atoms with Gasteiger partial charge in [0.2, 0.25) is 0 Å². The number of amides is 1. The molecule has 0 saturated heterocycles. The molecule has 0 spiro atoms. The van der Waals surface area contributed by atoms with Crippen LogP contribution in [-0.2, 0) is 25.9 Å². The van der Waals surface area contributed by atoms with Crippen molar-refractivity contribution >= 4 is 5.91 Å². The van der Waals surface area contributed by atoms with Crippen molar-refractivity contribution in [1.29, 1.82) is 0 Å². The molecule has 1 N–H and O–H groups in total. The van der Waals surface area contributed by atoms with E-state index in [0.29, 0.717) is 24.7 Å². The summed E-state index contributed by atoms with van der Waals surface area (Å²) in [5.41, 5.74) is 2.87. The fourth-order valence-electron chi connectivity index (χ4n) is 3.59. The molecule has 0 aromatic carbocycles. The third-order valence-electron chi connectivity index (χ3n) is 4.84. The molecule has 7 nitrogen and oxygen atoms in total. The highest BCUT2D eigenvalue weighted by Gasteiger charge is 2.30.